The molecule has 0 saturated heterocycles. The summed E-state index contributed by atoms with van der Waals surface area (Å²) in [6.07, 6.45) is 5.77. The highest BCUT2D eigenvalue weighted by Crippen LogP contribution is 2.28. The van der Waals surface area contributed by atoms with Crippen LogP contribution in [0.2, 0.25) is 0 Å². The first-order valence-electron chi connectivity index (χ1n) is 10.2. The second kappa shape index (κ2) is 7.84. The molecule has 1 aliphatic rings. The molecule has 6 nitrogen and oxygen atoms in total. The van der Waals surface area contributed by atoms with Gasteiger partial charge in [-0.15, -0.1) is 0 Å². The molecule has 0 unspecified atom stereocenters. The van der Waals surface area contributed by atoms with Gasteiger partial charge in [0.1, 0.15) is 11.6 Å². The standard InChI is InChI=1S/C23H22FN5O/c24-17-7-3-5-15(11-17)12-25-22-18-8-1-2-9-20(18)27-23(28-22)29-21-10-4-6-16(14-30)19(21)13-26-29/h3-7,10-11,13,30H,1-2,8-9,12,14H2,(H,25,27,28). The molecule has 0 atom stereocenters. The minimum atomic E-state index is -0.248. The second-order valence-electron chi connectivity index (χ2n) is 7.55. The van der Waals surface area contributed by atoms with Gasteiger partial charge in [-0.05, 0) is 55.0 Å². The number of hydrogen-bond donors (Lipinski definition) is 2. The first kappa shape index (κ1) is 18.7. The predicted octanol–water partition coefficient (Wildman–Crippen LogP) is 3.94. The third-order valence-corrected chi connectivity index (χ3v) is 5.58. The van der Waals surface area contributed by atoms with Crippen LogP contribution in [0.1, 0.15) is 35.2 Å². The Morgan fingerprint density at radius 1 is 1.07 bits per heavy atom. The van der Waals surface area contributed by atoms with Crippen molar-refractivity contribution < 1.29 is 9.50 Å². The highest BCUT2D eigenvalue weighted by Gasteiger charge is 2.20. The molecule has 4 aromatic rings. The Bertz CT molecular complexity index is 1220. The van der Waals surface area contributed by atoms with E-state index in [1.54, 1.807) is 16.9 Å². The van der Waals surface area contributed by atoms with E-state index in [4.69, 9.17) is 9.97 Å². The lowest BCUT2D eigenvalue weighted by Crippen LogP contribution is -2.16. The van der Waals surface area contributed by atoms with Crippen LogP contribution < -0.4 is 5.32 Å². The van der Waals surface area contributed by atoms with Gasteiger partial charge >= 0.3 is 0 Å². The summed E-state index contributed by atoms with van der Waals surface area (Å²) in [5, 5.41) is 18.4. The summed E-state index contributed by atoms with van der Waals surface area (Å²) in [6, 6.07) is 12.3. The van der Waals surface area contributed by atoms with E-state index in [1.165, 1.54) is 12.1 Å². The van der Waals surface area contributed by atoms with E-state index in [9.17, 15) is 9.50 Å². The number of aryl methyl sites for hydroxylation is 1. The van der Waals surface area contributed by atoms with Gasteiger partial charge in [-0.1, -0.05) is 24.3 Å². The van der Waals surface area contributed by atoms with Crippen LogP contribution in [0.15, 0.2) is 48.7 Å². The first-order valence-corrected chi connectivity index (χ1v) is 10.2. The van der Waals surface area contributed by atoms with Crippen molar-refractivity contribution in [2.75, 3.05) is 5.32 Å². The number of hydrogen-bond acceptors (Lipinski definition) is 5. The molecule has 2 aromatic carbocycles. The smallest absolute Gasteiger partial charge is 0.253 e. The fourth-order valence-electron chi connectivity index (χ4n) is 4.06. The van der Waals surface area contributed by atoms with Crippen LogP contribution in [0.5, 0.6) is 0 Å². The summed E-state index contributed by atoms with van der Waals surface area (Å²) in [5.74, 6) is 1.03. The highest BCUT2D eigenvalue weighted by atomic mass is 19.1. The van der Waals surface area contributed by atoms with Gasteiger partial charge in [0.05, 0.1) is 24.0 Å². The third-order valence-electron chi connectivity index (χ3n) is 5.58. The number of nitrogens with zero attached hydrogens (tertiary/aromatic N) is 4. The van der Waals surface area contributed by atoms with Crippen molar-refractivity contribution in [2.45, 2.75) is 38.8 Å². The molecule has 1 aliphatic carbocycles. The Hall–Kier alpha value is -3.32. The van der Waals surface area contributed by atoms with E-state index < -0.39 is 0 Å². The van der Waals surface area contributed by atoms with Crippen LogP contribution in [0.25, 0.3) is 16.9 Å². The summed E-state index contributed by atoms with van der Waals surface area (Å²) in [5.41, 5.74) is 4.70. The molecule has 0 radical (unpaired) electrons. The van der Waals surface area contributed by atoms with Crippen LogP contribution in [-0.4, -0.2) is 24.9 Å². The maximum Gasteiger partial charge on any atom is 0.253 e. The average molecular weight is 403 g/mol. The van der Waals surface area contributed by atoms with Gasteiger partial charge in [-0.2, -0.15) is 14.8 Å². The molecule has 2 aromatic heterocycles. The Labute approximate surface area is 173 Å². The van der Waals surface area contributed by atoms with Crippen LogP contribution in [0, 0.1) is 5.82 Å². The number of benzene rings is 2. The number of fused-ring (bicyclic) bond motifs is 2. The summed E-state index contributed by atoms with van der Waals surface area (Å²) in [4.78, 5) is 9.61. The number of nitrogens with one attached hydrogen (secondary N) is 1. The molecule has 152 valence electrons. The maximum atomic E-state index is 13.5. The van der Waals surface area contributed by atoms with E-state index in [1.807, 2.05) is 24.3 Å². The van der Waals surface area contributed by atoms with Crippen LogP contribution in [0.4, 0.5) is 10.2 Å². The van der Waals surface area contributed by atoms with E-state index in [-0.39, 0.29) is 12.4 Å². The fourth-order valence-corrected chi connectivity index (χ4v) is 4.06. The zero-order chi connectivity index (χ0) is 20.5. The topological polar surface area (TPSA) is 75.9 Å². The zero-order valence-electron chi connectivity index (χ0n) is 16.5. The zero-order valence-corrected chi connectivity index (χ0v) is 16.5. The van der Waals surface area contributed by atoms with Gasteiger partial charge in [0.15, 0.2) is 0 Å². The van der Waals surface area contributed by atoms with E-state index in [2.05, 4.69) is 10.4 Å². The van der Waals surface area contributed by atoms with Crippen molar-refractivity contribution in [1.82, 2.24) is 19.7 Å². The van der Waals surface area contributed by atoms with E-state index in [0.29, 0.717) is 12.5 Å². The number of halogens is 1. The molecular weight excluding hydrogens is 381 g/mol. The van der Waals surface area contributed by atoms with Crippen molar-refractivity contribution >= 4 is 16.7 Å². The lowest BCUT2D eigenvalue weighted by atomic mass is 9.96. The fraction of sp³-hybridized carbons (Fsp3) is 0.261. The van der Waals surface area contributed by atoms with Crippen LogP contribution >= 0.6 is 0 Å². The summed E-state index contributed by atoms with van der Waals surface area (Å²) in [6.45, 7) is 0.434. The molecule has 0 saturated carbocycles. The molecular formula is C23H22FN5O. The van der Waals surface area contributed by atoms with Crippen molar-refractivity contribution in [3.05, 3.63) is 76.9 Å². The monoisotopic (exact) mass is 403 g/mol. The Kier molecular flexibility index (Phi) is 4.88. The summed E-state index contributed by atoms with van der Waals surface area (Å²) in [7, 11) is 0. The number of aliphatic hydroxyl groups is 1. The minimum Gasteiger partial charge on any atom is -0.392 e. The molecule has 2 heterocycles. The van der Waals surface area contributed by atoms with Crippen molar-refractivity contribution in [1.29, 1.82) is 0 Å². The molecule has 30 heavy (non-hydrogen) atoms. The molecule has 0 spiro atoms. The van der Waals surface area contributed by atoms with Gasteiger partial charge in [0.2, 0.25) is 0 Å². The van der Waals surface area contributed by atoms with Gasteiger partial charge in [-0.3, -0.25) is 0 Å². The predicted molar refractivity (Wildman–Crippen MR) is 113 cm³/mol. The van der Waals surface area contributed by atoms with Crippen molar-refractivity contribution in [3.8, 4) is 5.95 Å². The quantitative estimate of drug-likeness (QED) is 0.528. The van der Waals surface area contributed by atoms with Gasteiger partial charge in [-0.25, -0.2) is 9.37 Å². The highest BCUT2D eigenvalue weighted by molar-refractivity contribution is 5.83. The van der Waals surface area contributed by atoms with Gasteiger partial charge < -0.3 is 10.4 Å². The van der Waals surface area contributed by atoms with E-state index in [0.717, 1.165) is 64.8 Å². The maximum absolute atomic E-state index is 13.5. The third kappa shape index (κ3) is 3.41. The number of anilines is 1. The number of rotatable bonds is 5. The van der Waals surface area contributed by atoms with E-state index >= 15 is 0 Å². The lowest BCUT2D eigenvalue weighted by molar-refractivity contribution is 0.283. The number of aromatic nitrogens is 4. The summed E-state index contributed by atoms with van der Waals surface area (Å²) < 4.78 is 15.3. The normalized spacial score (nSPS) is 13.4. The minimum absolute atomic E-state index is 0.0471. The molecule has 0 bridgehead atoms. The Balaban J connectivity index is 1.56. The van der Waals surface area contributed by atoms with Crippen molar-refractivity contribution in [2.24, 2.45) is 0 Å². The average Bonchev–Trinajstić information content (AvgIpc) is 3.21. The molecule has 0 aliphatic heterocycles. The molecule has 0 fully saturated rings. The van der Waals surface area contributed by atoms with Gasteiger partial charge in [0, 0.05) is 17.5 Å². The van der Waals surface area contributed by atoms with Crippen LogP contribution in [0.3, 0.4) is 0 Å². The largest absolute Gasteiger partial charge is 0.392 e. The number of aliphatic hydroxyl groups excluding tert-OH is 1. The molecule has 5 rings (SSSR count). The molecule has 0 amide bonds. The molecule has 2 N–H and O–H groups in total. The van der Waals surface area contributed by atoms with Crippen LogP contribution in [-0.2, 0) is 26.0 Å². The SMILES string of the molecule is OCc1cccc2c1cnn2-c1nc2c(c(NCc3cccc(F)c3)n1)CCCC2. The Morgan fingerprint density at radius 2 is 1.93 bits per heavy atom. The lowest BCUT2D eigenvalue weighted by Gasteiger charge is -2.20. The van der Waals surface area contributed by atoms with Gasteiger partial charge in [0.25, 0.3) is 5.95 Å². The second-order valence-corrected chi connectivity index (χ2v) is 7.55. The first-order chi connectivity index (χ1) is 14.7. The summed E-state index contributed by atoms with van der Waals surface area (Å²) >= 11 is 0. The molecule has 7 heteroatoms. The van der Waals surface area contributed by atoms with Crippen molar-refractivity contribution in [3.63, 3.8) is 0 Å². The Morgan fingerprint density at radius 3 is 2.80 bits per heavy atom.